The van der Waals surface area contributed by atoms with Crippen LogP contribution in [0.4, 0.5) is 0 Å². The lowest BCUT2D eigenvalue weighted by Gasteiger charge is -2.16. The fraction of sp³-hybridized carbons (Fsp3) is 0.158. The molecule has 28 heavy (non-hydrogen) atoms. The third kappa shape index (κ3) is 4.06. The van der Waals surface area contributed by atoms with Crippen LogP contribution in [0, 0.1) is 0 Å². The van der Waals surface area contributed by atoms with Crippen LogP contribution >= 0.6 is 11.3 Å². The van der Waals surface area contributed by atoms with Crippen molar-refractivity contribution in [2.75, 3.05) is 20.7 Å². The fourth-order valence-corrected chi connectivity index (χ4v) is 4.88. The molecular weight excluding hydrogens is 402 g/mol. The van der Waals surface area contributed by atoms with Crippen molar-refractivity contribution in [3.8, 4) is 5.75 Å². The van der Waals surface area contributed by atoms with Crippen LogP contribution in [0.25, 0.3) is 10.8 Å². The van der Waals surface area contributed by atoms with Gasteiger partial charge in [0.05, 0.1) is 7.11 Å². The largest absolute Gasteiger partial charge is 0.465 e. The Morgan fingerprint density at radius 3 is 2.36 bits per heavy atom. The van der Waals surface area contributed by atoms with E-state index in [9.17, 15) is 18.0 Å². The molecule has 1 aromatic heterocycles. The average Bonchev–Trinajstić information content (AvgIpc) is 3.22. The number of methoxy groups -OCH3 is 1. The number of fused-ring (bicyclic) bond motifs is 1. The summed E-state index contributed by atoms with van der Waals surface area (Å²) in [5.41, 5.74) is 0.0818. The molecule has 0 radical (unpaired) electrons. The Bertz CT molecular complexity index is 1120. The third-order valence-electron chi connectivity index (χ3n) is 3.99. The second-order valence-electron chi connectivity index (χ2n) is 5.85. The summed E-state index contributed by atoms with van der Waals surface area (Å²) in [6.07, 6.45) is 0. The van der Waals surface area contributed by atoms with Crippen LogP contribution in [0.1, 0.15) is 10.4 Å². The number of carbonyl (C=O) groups is 2. The van der Waals surface area contributed by atoms with Crippen LogP contribution in [0.5, 0.6) is 5.75 Å². The molecule has 0 fully saturated rings. The van der Waals surface area contributed by atoms with E-state index in [-0.39, 0.29) is 15.5 Å². The predicted octanol–water partition coefficient (Wildman–Crippen LogP) is 2.91. The van der Waals surface area contributed by atoms with Gasteiger partial charge in [0, 0.05) is 7.05 Å². The van der Waals surface area contributed by atoms with Crippen LogP contribution in [-0.2, 0) is 19.6 Å². The first kappa shape index (κ1) is 20.0. The predicted molar refractivity (Wildman–Crippen MR) is 105 cm³/mol. The van der Waals surface area contributed by atoms with Crippen LogP contribution in [-0.4, -0.2) is 45.4 Å². The monoisotopic (exact) mass is 419 g/mol. The van der Waals surface area contributed by atoms with Gasteiger partial charge in [-0.25, -0.2) is 13.2 Å². The number of carbonyl (C=O) groups excluding carboxylic acids is 2. The maximum Gasteiger partial charge on any atom is 0.341 e. The molecule has 9 heteroatoms. The Balaban J connectivity index is 1.85. The van der Waals surface area contributed by atoms with E-state index in [1.54, 1.807) is 29.6 Å². The summed E-state index contributed by atoms with van der Waals surface area (Å²) < 4.78 is 36.0. The van der Waals surface area contributed by atoms with Crippen molar-refractivity contribution < 1.29 is 27.5 Å². The molecule has 0 aliphatic carbocycles. The maximum atomic E-state index is 12.4. The normalized spacial score (nSPS) is 11.5. The second kappa shape index (κ2) is 8.09. The Kier molecular flexibility index (Phi) is 5.78. The van der Waals surface area contributed by atoms with Crippen molar-refractivity contribution in [3.05, 3.63) is 59.5 Å². The van der Waals surface area contributed by atoms with E-state index >= 15 is 0 Å². The number of thiophene rings is 1. The summed E-state index contributed by atoms with van der Waals surface area (Å²) in [5.74, 6) is -1.46. The van der Waals surface area contributed by atoms with Gasteiger partial charge in [0.15, 0.2) is 0 Å². The maximum absolute atomic E-state index is 12.4. The number of ether oxygens (including phenoxy) is 2. The molecule has 0 spiro atoms. The highest BCUT2D eigenvalue weighted by Gasteiger charge is 2.25. The summed E-state index contributed by atoms with van der Waals surface area (Å²) in [4.78, 5) is 24.4. The summed E-state index contributed by atoms with van der Waals surface area (Å²) in [6, 6.07) is 13.4. The molecule has 2 aromatic carbocycles. The molecule has 0 aliphatic rings. The van der Waals surface area contributed by atoms with Crippen molar-refractivity contribution >= 4 is 44.1 Å². The van der Waals surface area contributed by atoms with Crippen LogP contribution in [0.15, 0.2) is 58.1 Å². The lowest BCUT2D eigenvalue weighted by molar-refractivity contribution is -0.134. The number of nitrogens with zero attached hydrogens (tertiary/aromatic N) is 1. The van der Waals surface area contributed by atoms with E-state index in [2.05, 4.69) is 0 Å². The highest BCUT2D eigenvalue weighted by atomic mass is 32.2. The molecule has 0 saturated carbocycles. The number of benzene rings is 2. The highest BCUT2D eigenvalue weighted by molar-refractivity contribution is 7.91. The molecule has 0 aliphatic heterocycles. The quantitative estimate of drug-likeness (QED) is 0.451. The van der Waals surface area contributed by atoms with E-state index in [1.165, 1.54) is 20.2 Å². The molecule has 0 amide bonds. The lowest BCUT2D eigenvalue weighted by atomic mass is 10.1. The topological polar surface area (TPSA) is 90.0 Å². The van der Waals surface area contributed by atoms with Gasteiger partial charge in [-0.15, -0.1) is 11.3 Å². The summed E-state index contributed by atoms with van der Waals surface area (Å²) in [6.45, 7) is -0.506. The van der Waals surface area contributed by atoms with Crippen molar-refractivity contribution in [3.63, 3.8) is 0 Å². The van der Waals surface area contributed by atoms with Crippen LogP contribution < -0.4 is 4.74 Å². The Hall–Kier alpha value is -2.75. The lowest BCUT2D eigenvalue weighted by Crippen LogP contribution is -2.34. The average molecular weight is 419 g/mol. The number of likely N-dealkylation sites (N-methyl/N-ethyl adjacent to an activating group) is 1. The van der Waals surface area contributed by atoms with Crippen molar-refractivity contribution in [1.29, 1.82) is 0 Å². The molecule has 0 atom stereocenters. The molecule has 146 valence electrons. The van der Waals surface area contributed by atoms with Gasteiger partial charge >= 0.3 is 11.9 Å². The number of hydrogen-bond donors (Lipinski definition) is 0. The third-order valence-corrected chi connectivity index (χ3v) is 7.16. The van der Waals surface area contributed by atoms with Gasteiger partial charge in [-0.1, -0.05) is 30.3 Å². The van der Waals surface area contributed by atoms with Crippen LogP contribution in [0.3, 0.4) is 0 Å². The number of sulfonamides is 1. The Morgan fingerprint density at radius 2 is 1.75 bits per heavy atom. The summed E-state index contributed by atoms with van der Waals surface area (Å²) in [7, 11) is -1.27. The molecule has 0 bridgehead atoms. The minimum absolute atomic E-state index is 0.0115. The van der Waals surface area contributed by atoms with Crippen molar-refractivity contribution in [2.45, 2.75) is 4.21 Å². The first-order valence-corrected chi connectivity index (χ1v) is 10.5. The SMILES string of the molecule is COC(=O)c1cc2ccccc2cc1OC(=O)CN(C)S(=O)(=O)c1cccs1. The minimum Gasteiger partial charge on any atom is -0.465 e. The molecule has 1 heterocycles. The summed E-state index contributed by atoms with van der Waals surface area (Å²) >= 11 is 1.06. The minimum atomic E-state index is -3.79. The standard InChI is InChI=1S/C19H17NO6S2/c1-20(28(23,24)18-8-5-9-27-18)12-17(21)26-16-11-14-7-4-3-6-13(14)10-15(16)19(22)25-2/h3-11H,12H2,1-2H3. The molecule has 0 saturated heterocycles. The fourth-order valence-electron chi connectivity index (χ4n) is 2.56. The van der Waals surface area contributed by atoms with Crippen molar-refractivity contribution in [1.82, 2.24) is 4.31 Å². The molecule has 3 aromatic rings. The van der Waals surface area contributed by atoms with E-state index in [0.29, 0.717) is 0 Å². The van der Waals surface area contributed by atoms with Gasteiger partial charge in [-0.3, -0.25) is 4.79 Å². The number of hydrogen-bond acceptors (Lipinski definition) is 7. The molecule has 0 N–H and O–H groups in total. The van der Waals surface area contributed by atoms with Gasteiger partial charge in [0.1, 0.15) is 22.1 Å². The zero-order valence-electron chi connectivity index (χ0n) is 15.1. The highest BCUT2D eigenvalue weighted by Crippen LogP contribution is 2.27. The van der Waals surface area contributed by atoms with Crippen LogP contribution in [0.2, 0.25) is 0 Å². The zero-order chi connectivity index (χ0) is 20.3. The molecule has 7 nitrogen and oxygen atoms in total. The van der Waals surface area contributed by atoms with Gasteiger partial charge in [-0.05, 0) is 34.4 Å². The molecule has 0 unspecified atom stereocenters. The van der Waals surface area contributed by atoms with E-state index in [0.717, 1.165) is 26.4 Å². The molecular formula is C19H17NO6S2. The number of esters is 2. The first-order chi connectivity index (χ1) is 13.3. The van der Waals surface area contributed by atoms with Gasteiger partial charge in [-0.2, -0.15) is 4.31 Å². The van der Waals surface area contributed by atoms with Gasteiger partial charge < -0.3 is 9.47 Å². The second-order valence-corrected chi connectivity index (χ2v) is 9.07. The molecule has 3 rings (SSSR count). The van der Waals surface area contributed by atoms with E-state index in [1.807, 2.05) is 18.2 Å². The Labute approximate surface area is 166 Å². The van der Waals surface area contributed by atoms with E-state index in [4.69, 9.17) is 9.47 Å². The van der Waals surface area contributed by atoms with E-state index < -0.39 is 28.5 Å². The summed E-state index contributed by atoms with van der Waals surface area (Å²) in [5, 5.41) is 3.18. The van der Waals surface area contributed by atoms with Gasteiger partial charge in [0.2, 0.25) is 0 Å². The van der Waals surface area contributed by atoms with Crippen molar-refractivity contribution in [2.24, 2.45) is 0 Å². The zero-order valence-corrected chi connectivity index (χ0v) is 16.7. The smallest absolute Gasteiger partial charge is 0.341 e. The van der Waals surface area contributed by atoms with Gasteiger partial charge in [0.25, 0.3) is 10.0 Å². The first-order valence-electron chi connectivity index (χ1n) is 8.14. The Morgan fingerprint density at radius 1 is 1.07 bits per heavy atom. The number of rotatable bonds is 6.